The SMILES string of the molecule is C=C(/C=C\C(=C/C)C1CCCNCC1)OC/C(C)=C/C=C\C. The lowest BCUT2D eigenvalue weighted by molar-refractivity contribution is 0.254. The minimum Gasteiger partial charge on any atom is -0.490 e. The van der Waals surface area contributed by atoms with Crippen molar-refractivity contribution in [1.82, 2.24) is 5.32 Å². The summed E-state index contributed by atoms with van der Waals surface area (Å²) in [7, 11) is 0. The zero-order valence-corrected chi connectivity index (χ0v) is 14.4. The van der Waals surface area contributed by atoms with Crippen LogP contribution in [0, 0.1) is 5.92 Å². The van der Waals surface area contributed by atoms with E-state index in [1.54, 1.807) is 0 Å². The van der Waals surface area contributed by atoms with Gasteiger partial charge >= 0.3 is 0 Å². The first-order valence-corrected chi connectivity index (χ1v) is 8.32. The summed E-state index contributed by atoms with van der Waals surface area (Å²) in [4.78, 5) is 0. The molecule has 1 unspecified atom stereocenters. The fraction of sp³-hybridized carbons (Fsp3) is 0.500. The molecule has 122 valence electrons. The third-order valence-electron chi connectivity index (χ3n) is 3.90. The molecule has 0 aliphatic carbocycles. The third-order valence-corrected chi connectivity index (χ3v) is 3.90. The Kier molecular flexibility index (Phi) is 9.33. The van der Waals surface area contributed by atoms with Crippen LogP contribution >= 0.6 is 0 Å². The summed E-state index contributed by atoms with van der Waals surface area (Å²) in [6, 6.07) is 0. The van der Waals surface area contributed by atoms with Gasteiger partial charge in [-0.2, -0.15) is 0 Å². The summed E-state index contributed by atoms with van der Waals surface area (Å²) in [5.41, 5.74) is 2.59. The lowest BCUT2D eigenvalue weighted by Gasteiger charge is -2.15. The molecule has 0 bridgehead atoms. The molecule has 1 N–H and O–H groups in total. The minimum atomic E-state index is 0.589. The van der Waals surface area contributed by atoms with Gasteiger partial charge in [-0.3, -0.25) is 0 Å². The zero-order chi connectivity index (χ0) is 16.2. The molecule has 1 aliphatic heterocycles. The van der Waals surface area contributed by atoms with Crippen LogP contribution in [0.15, 0.2) is 59.9 Å². The Hall–Kier alpha value is -1.54. The number of nitrogens with one attached hydrogen (secondary N) is 1. The average Bonchev–Trinajstić information content (AvgIpc) is 2.81. The van der Waals surface area contributed by atoms with Crippen LogP contribution < -0.4 is 5.32 Å². The van der Waals surface area contributed by atoms with Gasteiger partial charge in [-0.15, -0.1) is 0 Å². The van der Waals surface area contributed by atoms with Crippen molar-refractivity contribution in [3.8, 4) is 0 Å². The van der Waals surface area contributed by atoms with Crippen LogP contribution in [0.25, 0.3) is 0 Å². The number of allylic oxidation sites excluding steroid dienone is 7. The van der Waals surface area contributed by atoms with E-state index in [4.69, 9.17) is 4.74 Å². The largest absolute Gasteiger partial charge is 0.490 e. The van der Waals surface area contributed by atoms with Crippen molar-refractivity contribution in [2.75, 3.05) is 19.7 Å². The molecule has 1 aliphatic rings. The molecule has 2 heteroatoms. The maximum atomic E-state index is 5.68. The van der Waals surface area contributed by atoms with Gasteiger partial charge in [0.05, 0.1) is 0 Å². The predicted molar refractivity (Wildman–Crippen MR) is 96.8 cm³/mol. The van der Waals surface area contributed by atoms with Gasteiger partial charge in [-0.05, 0) is 76.3 Å². The maximum Gasteiger partial charge on any atom is 0.112 e. The Morgan fingerprint density at radius 1 is 1.23 bits per heavy atom. The maximum absolute atomic E-state index is 5.68. The first-order chi connectivity index (χ1) is 10.7. The minimum absolute atomic E-state index is 0.589. The highest BCUT2D eigenvalue weighted by atomic mass is 16.5. The smallest absolute Gasteiger partial charge is 0.112 e. The van der Waals surface area contributed by atoms with Crippen molar-refractivity contribution in [3.05, 3.63) is 59.9 Å². The summed E-state index contributed by atoms with van der Waals surface area (Å²) in [5, 5.41) is 3.47. The van der Waals surface area contributed by atoms with Gasteiger partial charge in [-0.1, -0.05) is 37.0 Å². The van der Waals surface area contributed by atoms with Crippen LogP contribution in [0.5, 0.6) is 0 Å². The van der Waals surface area contributed by atoms with E-state index in [9.17, 15) is 0 Å². The van der Waals surface area contributed by atoms with Gasteiger partial charge in [-0.25, -0.2) is 0 Å². The Balaban J connectivity index is 2.48. The fourth-order valence-corrected chi connectivity index (χ4v) is 2.57. The topological polar surface area (TPSA) is 21.3 Å². The monoisotopic (exact) mass is 301 g/mol. The molecular weight excluding hydrogens is 270 g/mol. The fourth-order valence-electron chi connectivity index (χ4n) is 2.57. The van der Waals surface area contributed by atoms with Gasteiger partial charge in [0.1, 0.15) is 12.4 Å². The summed E-state index contributed by atoms with van der Waals surface area (Å²) in [5.74, 6) is 1.37. The highest BCUT2D eigenvalue weighted by molar-refractivity contribution is 5.26. The van der Waals surface area contributed by atoms with Crippen molar-refractivity contribution in [2.24, 2.45) is 5.92 Å². The van der Waals surface area contributed by atoms with E-state index in [-0.39, 0.29) is 0 Å². The number of hydrogen-bond donors (Lipinski definition) is 1. The second-order valence-corrected chi connectivity index (χ2v) is 5.79. The normalized spacial score (nSPS) is 21.3. The van der Waals surface area contributed by atoms with Crippen molar-refractivity contribution in [3.63, 3.8) is 0 Å². The van der Waals surface area contributed by atoms with Gasteiger partial charge in [0, 0.05) is 0 Å². The molecule has 1 rings (SSSR count). The van der Waals surface area contributed by atoms with E-state index < -0.39 is 0 Å². The second kappa shape index (κ2) is 11.1. The summed E-state index contributed by atoms with van der Waals surface area (Å²) < 4.78 is 5.68. The van der Waals surface area contributed by atoms with Crippen LogP contribution in [0.2, 0.25) is 0 Å². The van der Waals surface area contributed by atoms with E-state index in [0.29, 0.717) is 12.5 Å². The van der Waals surface area contributed by atoms with Crippen LogP contribution in [-0.2, 0) is 4.74 Å². The second-order valence-electron chi connectivity index (χ2n) is 5.79. The van der Waals surface area contributed by atoms with Gasteiger partial charge in [0.25, 0.3) is 0 Å². The molecule has 1 fully saturated rings. The molecule has 22 heavy (non-hydrogen) atoms. The molecule has 1 heterocycles. The molecule has 0 amide bonds. The van der Waals surface area contributed by atoms with Gasteiger partial charge in [0.15, 0.2) is 0 Å². The molecule has 2 nitrogen and oxygen atoms in total. The molecule has 0 radical (unpaired) electrons. The molecule has 0 aromatic carbocycles. The van der Waals surface area contributed by atoms with Crippen molar-refractivity contribution in [2.45, 2.75) is 40.0 Å². The molecule has 1 saturated heterocycles. The van der Waals surface area contributed by atoms with Crippen molar-refractivity contribution < 1.29 is 4.74 Å². The van der Waals surface area contributed by atoms with Crippen LogP contribution in [0.4, 0.5) is 0 Å². The van der Waals surface area contributed by atoms with Gasteiger partial charge in [0.2, 0.25) is 0 Å². The number of ether oxygens (including phenoxy) is 1. The van der Waals surface area contributed by atoms with Crippen molar-refractivity contribution in [1.29, 1.82) is 0 Å². The third kappa shape index (κ3) is 7.46. The summed E-state index contributed by atoms with van der Waals surface area (Å²) in [6.45, 7) is 13.0. The number of rotatable bonds is 7. The first-order valence-electron chi connectivity index (χ1n) is 8.32. The first kappa shape index (κ1) is 18.5. The molecule has 0 saturated carbocycles. The Labute approximate surface area is 136 Å². The van der Waals surface area contributed by atoms with Crippen LogP contribution in [-0.4, -0.2) is 19.7 Å². The Bertz CT molecular complexity index is 446. The van der Waals surface area contributed by atoms with E-state index in [1.807, 2.05) is 25.2 Å². The van der Waals surface area contributed by atoms with E-state index >= 15 is 0 Å². The lowest BCUT2D eigenvalue weighted by Crippen LogP contribution is -2.14. The predicted octanol–water partition coefficient (Wildman–Crippen LogP) is 4.93. The van der Waals surface area contributed by atoms with Crippen molar-refractivity contribution >= 4 is 0 Å². The average molecular weight is 301 g/mol. The highest BCUT2D eigenvalue weighted by Gasteiger charge is 2.14. The molecule has 0 spiro atoms. The van der Waals surface area contributed by atoms with E-state index in [0.717, 1.165) is 18.8 Å². The number of hydrogen-bond acceptors (Lipinski definition) is 2. The summed E-state index contributed by atoms with van der Waals surface area (Å²) >= 11 is 0. The van der Waals surface area contributed by atoms with Gasteiger partial charge < -0.3 is 10.1 Å². The Morgan fingerprint density at radius 2 is 2.05 bits per heavy atom. The van der Waals surface area contributed by atoms with Crippen LogP contribution in [0.1, 0.15) is 40.0 Å². The molecule has 1 atom stereocenters. The summed E-state index contributed by atoms with van der Waals surface area (Å²) in [6.07, 6.45) is 16.2. The highest BCUT2D eigenvalue weighted by Crippen LogP contribution is 2.23. The molecule has 0 aromatic heterocycles. The lowest BCUT2D eigenvalue weighted by atomic mass is 9.91. The molecule has 0 aromatic rings. The standard InChI is InChI=1S/C20H31NO/c1-5-7-9-17(3)16-22-18(4)11-12-19(6-2)20-10-8-14-21-15-13-20/h5-7,9,11-12,20-21H,4,8,10,13-16H2,1-3H3/b7-5-,12-11-,17-9+,19-6+. The zero-order valence-electron chi connectivity index (χ0n) is 14.4. The quantitative estimate of drug-likeness (QED) is 0.531. The Morgan fingerprint density at radius 3 is 2.77 bits per heavy atom. The molecular formula is C20H31NO. The van der Waals surface area contributed by atoms with E-state index in [1.165, 1.54) is 30.4 Å². The van der Waals surface area contributed by atoms with Crippen LogP contribution in [0.3, 0.4) is 0 Å². The van der Waals surface area contributed by atoms with E-state index in [2.05, 4.69) is 44.0 Å².